The van der Waals surface area contributed by atoms with E-state index in [0.717, 1.165) is 15.4 Å². The van der Waals surface area contributed by atoms with E-state index in [2.05, 4.69) is 5.32 Å². The summed E-state index contributed by atoms with van der Waals surface area (Å²) in [5.74, 6) is -0.146. The first-order valence-corrected chi connectivity index (χ1v) is 12.0. The molecular weight excluding hydrogens is 459 g/mol. The van der Waals surface area contributed by atoms with E-state index in [-0.39, 0.29) is 28.7 Å². The lowest BCUT2D eigenvalue weighted by molar-refractivity contribution is -0.119. The molecule has 3 aromatic carbocycles. The second-order valence-corrected chi connectivity index (χ2v) is 9.45. The zero-order valence-corrected chi connectivity index (χ0v) is 20.1. The van der Waals surface area contributed by atoms with Gasteiger partial charge in [0, 0.05) is 12.6 Å². The van der Waals surface area contributed by atoms with Gasteiger partial charge in [-0.2, -0.15) is 0 Å². The van der Waals surface area contributed by atoms with Crippen molar-refractivity contribution < 1.29 is 27.1 Å². The molecule has 0 heterocycles. The van der Waals surface area contributed by atoms with Crippen LogP contribution in [0, 0.1) is 12.7 Å². The van der Waals surface area contributed by atoms with Crippen molar-refractivity contribution in [1.29, 1.82) is 0 Å². The largest absolute Gasteiger partial charge is 0.497 e. The molecule has 1 N–H and O–H groups in total. The molecule has 0 unspecified atom stereocenters. The molecule has 9 heteroatoms. The number of rotatable bonds is 10. The van der Waals surface area contributed by atoms with Gasteiger partial charge in [0.15, 0.2) is 0 Å². The summed E-state index contributed by atoms with van der Waals surface area (Å²) < 4.78 is 51.9. The number of aryl methyl sites for hydroxylation is 1. The minimum atomic E-state index is -4.11. The molecule has 1 amide bonds. The van der Waals surface area contributed by atoms with Gasteiger partial charge in [0.25, 0.3) is 10.0 Å². The molecule has 3 aromatic rings. The summed E-state index contributed by atoms with van der Waals surface area (Å²) in [6.45, 7) is 1.65. The van der Waals surface area contributed by atoms with Crippen molar-refractivity contribution in [2.24, 2.45) is 0 Å². The van der Waals surface area contributed by atoms with Crippen molar-refractivity contribution in [1.82, 2.24) is 5.32 Å². The van der Waals surface area contributed by atoms with Gasteiger partial charge in [0.2, 0.25) is 5.91 Å². The number of methoxy groups -OCH3 is 2. The van der Waals surface area contributed by atoms with Gasteiger partial charge in [-0.25, -0.2) is 12.8 Å². The van der Waals surface area contributed by atoms with E-state index in [4.69, 9.17) is 9.47 Å². The van der Waals surface area contributed by atoms with E-state index in [9.17, 15) is 17.6 Å². The Balaban J connectivity index is 1.88. The molecule has 0 spiro atoms. The molecule has 0 saturated heterocycles. The zero-order valence-electron chi connectivity index (χ0n) is 19.2. The lowest BCUT2D eigenvalue weighted by Gasteiger charge is -2.26. The molecule has 0 radical (unpaired) electrons. The third-order valence-electron chi connectivity index (χ3n) is 5.20. The van der Waals surface area contributed by atoms with Gasteiger partial charge in [-0.15, -0.1) is 0 Å². The van der Waals surface area contributed by atoms with Crippen LogP contribution in [0.1, 0.15) is 11.1 Å². The van der Waals surface area contributed by atoms with Crippen LogP contribution in [-0.2, 0) is 21.2 Å². The molecule has 0 atom stereocenters. The fourth-order valence-corrected chi connectivity index (χ4v) is 4.74. The number of hydrogen-bond acceptors (Lipinski definition) is 5. The first-order valence-electron chi connectivity index (χ1n) is 10.6. The van der Waals surface area contributed by atoms with Crippen molar-refractivity contribution >= 4 is 21.6 Å². The van der Waals surface area contributed by atoms with Gasteiger partial charge in [-0.3, -0.25) is 9.10 Å². The van der Waals surface area contributed by atoms with Gasteiger partial charge in [0.1, 0.15) is 23.9 Å². The molecule has 180 valence electrons. The quantitative estimate of drug-likeness (QED) is 0.472. The highest BCUT2D eigenvalue weighted by molar-refractivity contribution is 7.92. The normalized spacial score (nSPS) is 11.1. The maximum atomic E-state index is 13.6. The summed E-state index contributed by atoms with van der Waals surface area (Å²) in [5.41, 5.74) is 1.93. The lowest BCUT2D eigenvalue weighted by atomic mass is 10.1. The SMILES string of the molecule is COc1ccc(OC)c(N(CC(=O)NCCc2ccc(F)cc2)S(=O)(=O)c2ccc(C)cc2)c1. The van der Waals surface area contributed by atoms with E-state index < -0.39 is 22.5 Å². The number of nitrogens with one attached hydrogen (secondary N) is 1. The van der Waals surface area contributed by atoms with Crippen LogP contribution in [0.4, 0.5) is 10.1 Å². The standard InChI is InChI=1S/C25H27FN2O5S/c1-18-4-11-22(12-5-18)34(30,31)28(23-16-21(32-2)10-13-24(23)33-3)17-25(29)27-15-14-19-6-8-20(26)9-7-19/h4-13,16H,14-15,17H2,1-3H3,(H,27,29). The number of sulfonamides is 1. The highest BCUT2D eigenvalue weighted by Crippen LogP contribution is 2.35. The molecule has 7 nitrogen and oxygen atoms in total. The second kappa shape index (κ2) is 11.0. The fourth-order valence-electron chi connectivity index (χ4n) is 3.31. The Labute approximate surface area is 199 Å². The van der Waals surface area contributed by atoms with Crippen LogP contribution in [0.2, 0.25) is 0 Å². The van der Waals surface area contributed by atoms with Crippen LogP contribution in [0.15, 0.2) is 71.6 Å². The third kappa shape index (κ3) is 6.05. The van der Waals surface area contributed by atoms with E-state index in [0.29, 0.717) is 12.2 Å². The summed E-state index contributed by atoms with van der Waals surface area (Å²) in [4.78, 5) is 12.9. The first kappa shape index (κ1) is 25.0. The maximum Gasteiger partial charge on any atom is 0.264 e. The van der Waals surface area contributed by atoms with Crippen LogP contribution < -0.4 is 19.1 Å². The minimum absolute atomic E-state index is 0.0436. The summed E-state index contributed by atoms with van der Waals surface area (Å²) in [6.07, 6.45) is 0.471. The van der Waals surface area contributed by atoms with Gasteiger partial charge in [-0.1, -0.05) is 29.8 Å². The van der Waals surface area contributed by atoms with Crippen LogP contribution >= 0.6 is 0 Å². The maximum absolute atomic E-state index is 13.6. The predicted molar refractivity (Wildman–Crippen MR) is 128 cm³/mol. The first-order chi connectivity index (χ1) is 16.2. The average Bonchev–Trinajstić information content (AvgIpc) is 2.83. The Hall–Kier alpha value is -3.59. The number of carbonyl (C=O) groups is 1. The Morgan fingerprint density at radius 2 is 1.65 bits per heavy atom. The number of halogens is 1. The molecule has 3 rings (SSSR count). The topological polar surface area (TPSA) is 84.9 Å². The zero-order chi connectivity index (χ0) is 24.7. The highest BCUT2D eigenvalue weighted by Gasteiger charge is 2.30. The molecule has 34 heavy (non-hydrogen) atoms. The molecule has 0 aliphatic heterocycles. The van der Waals surface area contributed by atoms with E-state index in [1.807, 2.05) is 6.92 Å². The van der Waals surface area contributed by atoms with Crippen molar-refractivity contribution in [3.63, 3.8) is 0 Å². The number of benzene rings is 3. The summed E-state index contributed by atoms with van der Waals surface area (Å²) >= 11 is 0. The van der Waals surface area contributed by atoms with Crippen molar-refractivity contribution in [3.8, 4) is 11.5 Å². The molecule has 0 aromatic heterocycles. The Bertz CT molecular complexity index is 1230. The van der Waals surface area contributed by atoms with Gasteiger partial charge in [0.05, 0.1) is 24.8 Å². The summed E-state index contributed by atoms with van der Waals surface area (Å²) in [7, 11) is -1.22. The Morgan fingerprint density at radius 1 is 0.971 bits per heavy atom. The van der Waals surface area contributed by atoms with Crippen molar-refractivity contribution in [2.75, 3.05) is 31.6 Å². The highest BCUT2D eigenvalue weighted by atomic mass is 32.2. The van der Waals surface area contributed by atoms with Crippen LogP contribution in [0.25, 0.3) is 0 Å². The lowest BCUT2D eigenvalue weighted by Crippen LogP contribution is -2.41. The Morgan fingerprint density at radius 3 is 2.26 bits per heavy atom. The number of anilines is 1. The second-order valence-electron chi connectivity index (χ2n) is 7.59. The van der Waals surface area contributed by atoms with Gasteiger partial charge < -0.3 is 14.8 Å². The van der Waals surface area contributed by atoms with Crippen LogP contribution in [-0.4, -0.2) is 41.6 Å². The summed E-state index contributed by atoms with van der Waals surface area (Å²) in [5, 5.41) is 2.73. The smallest absolute Gasteiger partial charge is 0.264 e. The number of nitrogens with zero attached hydrogens (tertiary/aromatic N) is 1. The summed E-state index contributed by atoms with van der Waals surface area (Å²) in [6, 6.07) is 17.1. The number of carbonyl (C=O) groups excluding carboxylic acids is 1. The van der Waals surface area contributed by atoms with Gasteiger partial charge in [-0.05, 0) is 55.3 Å². The van der Waals surface area contributed by atoms with Gasteiger partial charge >= 0.3 is 0 Å². The fraction of sp³-hybridized carbons (Fsp3) is 0.240. The van der Waals surface area contributed by atoms with E-state index in [1.54, 1.807) is 36.4 Å². The third-order valence-corrected chi connectivity index (χ3v) is 6.97. The average molecular weight is 487 g/mol. The molecule has 0 saturated carbocycles. The van der Waals surface area contributed by atoms with E-state index >= 15 is 0 Å². The van der Waals surface area contributed by atoms with Crippen LogP contribution in [0.5, 0.6) is 11.5 Å². The van der Waals surface area contributed by atoms with Crippen molar-refractivity contribution in [3.05, 3.63) is 83.7 Å². The number of ether oxygens (including phenoxy) is 2. The molecule has 0 fully saturated rings. The monoisotopic (exact) mass is 486 g/mol. The molecule has 0 aliphatic rings. The number of amides is 1. The number of hydrogen-bond donors (Lipinski definition) is 1. The Kier molecular flexibility index (Phi) is 8.12. The van der Waals surface area contributed by atoms with Crippen LogP contribution in [0.3, 0.4) is 0 Å². The molecule has 0 bridgehead atoms. The molecule has 0 aliphatic carbocycles. The molecular formula is C25H27FN2O5S. The predicted octanol–water partition coefficient (Wildman–Crippen LogP) is 3.71. The van der Waals surface area contributed by atoms with E-state index in [1.165, 1.54) is 44.6 Å². The minimum Gasteiger partial charge on any atom is -0.497 e. The van der Waals surface area contributed by atoms with Crippen molar-refractivity contribution in [2.45, 2.75) is 18.2 Å².